The first-order chi connectivity index (χ1) is 14.3. The third kappa shape index (κ3) is 4.71. The van der Waals surface area contributed by atoms with E-state index < -0.39 is 10.0 Å². The van der Waals surface area contributed by atoms with Gasteiger partial charge in [-0.15, -0.1) is 0 Å². The normalized spacial score (nSPS) is 12.2. The number of rotatable bonds is 7. The molecule has 1 amide bonds. The summed E-state index contributed by atoms with van der Waals surface area (Å²) in [4.78, 5) is 13.1. The first kappa shape index (κ1) is 21.6. The fourth-order valence-electron chi connectivity index (χ4n) is 3.18. The quantitative estimate of drug-likeness (QED) is 0.615. The number of benzene rings is 3. The van der Waals surface area contributed by atoms with Crippen LogP contribution in [0.1, 0.15) is 34.3 Å². The summed E-state index contributed by atoms with van der Waals surface area (Å²) in [5, 5.41) is 2.93. The van der Waals surface area contributed by atoms with Gasteiger partial charge in [-0.25, -0.2) is 8.42 Å². The third-order valence-corrected chi connectivity index (χ3v) is 6.89. The molecule has 0 heterocycles. The molecule has 0 aliphatic heterocycles. The van der Waals surface area contributed by atoms with Crippen molar-refractivity contribution in [1.82, 2.24) is 5.32 Å². The zero-order chi connectivity index (χ0) is 21.7. The van der Waals surface area contributed by atoms with Crippen LogP contribution in [0.3, 0.4) is 0 Å². The first-order valence-corrected chi connectivity index (χ1v) is 11.2. The highest BCUT2D eigenvalue weighted by Gasteiger charge is 2.25. The molecule has 0 radical (unpaired) electrons. The highest BCUT2D eigenvalue weighted by molar-refractivity contribution is 7.92. The Labute approximate surface area is 178 Å². The van der Waals surface area contributed by atoms with Crippen molar-refractivity contribution >= 4 is 21.6 Å². The monoisotopic (exact) mass is 422 g/mol. The predicted octanol–water partition coefficient (Wildman–Crippen LogP) is 4.35. The number of amides is 1. The van der Waals surface area contributed by atoms with E-state index in [9.17, 15) is 13.2 Å². The number of aryl methyl sites for hydroxylation is 1. The van der Waals surface area contributed by atoms with E-state index in [1.165, 1.54) is 7.05 Å². The second-order valence-electron chi connectivity index (χ2n) is 7.32. The largest absolute Gasteiger partial charge is 0.351 e. The average Bonchev–Trinajstić information content (AvgIpc) is 2.77. The Hall–Kier alpha value is -3.12. The zero-order valence-electron chi connectivity index (χ0n) is 17.4. The Morgan fingerprint density at radius 1 is 0.933 bits per heavy atom. The second kappa shape index (κ2) is 9.13. The van der Waals surface area contributed by atoms with Crippen molar-refractivity contribution in [3.63, 3.8) is 0 Å². The Morgan fingerprint density at radius 2 is 1.53 bits per heavy atom. The van der Waals surface area contributed by atoms with E-state index in [4.69, 9.17) is 0 Å². The number of hydrogen-bond acceptors (Lipinski definition) is 3. The molecule has 0 aromatic heterocycles. The van der Waals surface area contributed by atoms with Crippen LogP contribution in [0.25, 0.3) is 0 Å². The van der Waals surface area contributed by atoms with E-state index in [0.717, 1.165) is 15.4 Å². The Balaban J connectivity index is 1.81. The van der Waals surface area contributed by atoms with E-state index in [-0.39, 0.29) is 16.7 Å². The van der Waals surface area contributed by atoms with E-state index in [1.54, 1.807) is 48.5 Å². The smallest absolute Gasteiger partial charge is 0.264 e. The maximum Gasteiger partial charge on any atom is 0.264 e. The maximum absolute atomic E-state index is 13.1. The SMILES string of the molecule is Cc1ccc(S(=O)(=O)N(C)c2ccccc2C(=O)NC[C@H](C)c2ccccc2)cc1. The highest BCUT2D eigenvalue weighted by Crippen LogP contribution is 2.26. The van der Waals surface area contributed by atoms with Crippen molar-refractivity contribution in [2.45, 2.75) is 24.7 Å². The fraction of sp³-hybridized carbons (Fsp3) is 0.208. The molecule has 0 aliphatic rings. The van der Waals surface area contributed by atoms with Crippen molar-refractivity contribution in [2.75, 3.05) is 17.9 Å². The van der Waals surface area contributed by atoms with Gasteiger partial charge < -0.3 is 5.32 Å². The molecule has 156 valence electrons. The molecule has 6 heteroatoms. The van der Waals surface area contributed by atoms with Gasteiger partial charge in [0.15, 0.2) is 0 Å². The molecule has 3 aromatic rings. The number of anilines is 1. The van der Waals surface area contributed by atoms with Crippen LogP contribution in [0, 0.1) is 6.92 Å². The summed E-state index contributed by atoms with van der Waals surface area (Å²) in [5.74, 6) is -0.171. The van der Waals surface area contributed by atoms with Gasteiger partial charge in [-0.2, -0.15) is 0 Å². The van der Waals surface area contributed by atoms with E-state index in [2.05, 4.69) is 5.32 Å². The Morgan fingerprint density at radius 3 is 2.20 bits per heavy atom. The van der Waals surface area contributed by atoms with Crippen LogP contribution in [0.15, 0.2) is 83.8 Å². The molecule has 0 saturated carbocycles. The van der Waals surface area contributed by atoms with Crippen LogP contribution >= 0.6 is 0 Å². The van der Waals surface area contributed by atoms with Crippen molar-refractivity contribution < 1.29 is 13.2 Å². The lowest BCUT2D eigenvalue weighted by molar-refractivity contribution is 0.0952. The lowest BCUT2D eigenvalue weighted by Crippen LogP contribution is -2.32. The molecule has 1 atom stereocenters. The molecule has 0 spiro atoms. The van der Waals surface area contributed by atoms with Crippen LogP contribution in [-0.2, 0) is 10.0 Å². The molecular weight excluding hydrogens is 396 g/mol. The summed E-state index contributed by atoms with van der Waals surface area (Å²) in [6.07, 6.45) is 0. The average molecular weight is 423 g/mol. The first-order valence-electron chi connectivity index (χ1n) is 9.78. The van der Waals surface area contributed by atoms with Crippen LogP contribution in [0.2, 0.25) is 0 Å². The standard InChI is InChI=1S/C24H26N2O3S/c1-18-13-15-21(16-14-18)30(28,29)26(3)23-12-8-7-11-22(23)24(27)25-17-19(2)20-9-5-4-6-10-20/h4-16,19H,17H2,1-3H3,(H,25,27)/t19-/m0/s1. The van der Waals surface area contributed by atoms with E-state index in [1.807, 2.05) is 44.2 Å². The molecule has 0 saturated heterocycles. The van der Waals surface area contributed by atoms with Gasteiger partial charge in [0, 0.05) is 13.6 Å². The number of carbonyl (C=O) groups is 1. The van der Waals surface area contributed by atoms with E-state index in [0.29, 0.717) is 17.8 Å². The molecule has 0 fully saturated rings. The maximum atomic E-state index is 13.1. The second-order valence-corrected chi connectivity index (χ2v) is 9.29. The van der Waals surface area contributed by atoms with Gasteiger partial charge >= 0.3 is 0 Å². The minimum Gasteiger partial charge on any atom is -0.351 e. The minimum absolute atomic E-state index is 0.135. The highest BCUT2D eigenvalue weighted by atomic mass is 32.2. The van der Waals surface area contributed by atoms with Gasteiger partial charge in [-0.05, 0) is 42.7 Å². The van der Waals surface area contributed by atoms with E-state index >= 15 is 0 Å². The van der Waals surface area contributed by atoms with Crippen LogP contribution in [-0.4, -0.2) is 27.9 Å². The summed E-state index contributed by atoms with van der Waals surface area (Å²) in [6, 6.07) is 23.3. The predicted molar refractivity (Wildman–Crippen MR) is 120 cm³/mol. The molecule has 30 heavy (non-hydrogen) atoms. The molecule has 3 rings (SSSR count). The van der Waals surface area contributed by atoms with Crippen LogP contribution in [0.5, 0.6) is 0 Å². The molecular formula is C24H26N2O3S. The van der Waals surface area contributed by atoms with Gasteiger partial charge in [0.1, 0.15) is 0 Å². The van der Waals surface area contributed by atoms with Crippen molar-refractivity contribution in [2.24, 2.45) is 0 Å². The third-order valence-electron chi connectivity index (χ3n) is 5.10. The Bertz CT molecular complexity index is 1110. The molecule has 0 unspecified atom stereocenters. The molecule has 1 N–H and O–H groups in total. The van der Waals surface area contributed by atoms with Gasteiger partial charge in [0.25, 0.3) is 15.9 Å². The summed E-state index contributed by atoms with van der Waals surface area (Å²) in [7, 11) is -2.32. The lowest BCUT2D eigenvalue weighted by Gasteiger charge is -2.22. The summed E-state index contributed by atoms with van der Waals surface area (Å²) in [5.41, 5.74) is 2.76. The Kier molecular flexibility index (Phi) is 6.57. The van der Waals surface area contributed by atoms with Gasteiger partial charge in [-0.1, -0.05) is 67.1 Å². The minimum atomic E-state index is -3.79. The fourth-order valence-corrected chi connectivity index (χ4v) is 4.39. The van der Waals surface area contributed by atoms with Crippen molar-refractivity contribution in [1.29, 1.82) is 0 Å². The van der Waals surface area contributed by atoms with Crippen molar-refractivity contribution in [3.8, 4) is 0 Å². The number of para-hydroxylation sites is 1. The summed E-state index contributed by atoms with van der Waals surface area (Å²) < 4.78 is 27.3. The molecule has 0 bridgehead atoms. The summed E-state index contributed by atoms with van der Waals surface area (Å²) in [6.45, 7) is 4.39. The number of nitrogens with zero attached hydrogens (tertiary/aromatic N) is 1. The summed E-state index contributed by atoms with van der Waals surface area (Å²) >= 11 is 0. The lowest BCUT2D eigenvalue weighted by atomic mass is 10.0. The number of nitrogens with one attached hydrogen (secondary N) is 1. The topological polar surface area (TPSA) is 66.5 Å². The van der Waals surface area contributed by atoms with Gasteiger partial charge in [-0.3, -0.25) is 9.10 Å². The molecule has 3 aromatic carbocycles. The zero-order valence-corrected chi connectivity index (χ0v) is 18.2. The number of hydrogen-bond donors (Lipinski definition) is 1. The number of carbonyl (C=O) groups excluding carboxylic acids is 1. The van der Waals surface area contributed by atoms with Crippen molar-refractivity contribution in [3.05, 3.63) is 95.6 Å². The molecule has 5 nitrogen and oxygen atoms in total. The van der Waals surface area contributed by atoms with Gasteiger partial charge in [0.05, 0.1) is 16.1 Å². The van der Waals surface area contributed by atoms with Crippen LogP contribution in [0.4, 0.5) is 5.69 Å². The van der Waals surface area contributed by atoms with Gasteiger partial charge in [0.2, 0.25) is 0 Å². The molecule has 0 aliphatic carbocycles. The van der Waals surface area contributed by atoms with Crippen LogP contribution < -0.4 is 9.62 Å². The number of sulfonamides is 1.